The molecule has 0 aromatic heterocycles. The van der Waals surface area contributed by atoms with Crippen molar-refractivity contribution in [3.8, 4) is 0 Å². The van der Waals surface area contributed by atoms with Gasteiger partial charge in [-0.1, -0.05) is 30.5 Å². The van der Waals surface area contributed by atoms with Crippen LogP contribution in [0.1, 0.15) is 31.2 Å². The Morgan fingerprint density at radius 2 is 2.11 bits per heavy atom. The second-order valence-corrected chi connectivity index (χ2v) is 5.43. The van der Waals surface area contributed by atoms with E-state index in [1.165, 1.54) is 0 Å². The molecule has 0 aliphatic heterocycles. The van der Waals surface area contributed by atoms with Gasteiger partial charge in [-0.3, -0.25) is 4.79 Å². The molecule has 0 heterocycles. The molecule has 0 bridgehead atoms. The number of halogens is 1. The van der Waals surface area contributed by atoms with E-state index >= 15 is 0 Å². The minimum absolute atomic E-state index is 0.00652. The van der Waals surface area contributed by atoms with Crippen LogP contribution in [0.3, 0.4) is 0 Å². The number of hydrogen-bond acceptors (Lipinski definition) is 2. The van der Waals surface area contributed by atoms with Gasteiger partial charge in [0.05, 0.1) is 16.6 Å². The minimum atomic E-state index is -0.0869. The molecule has 1 aliphatic rings. The molecule has 2 rings (SSSR count). The van der Waals surface area contributed by atoms with Crippen molar-refractivity contribution in [1.82, 2.24) is 0 Å². The van der Waals surface area contributed by atoms with Crippen molar-refractivity contribution in [1.29, 1.82) is 0 Å². The lowest BCUT2D eigenvalue weighted by Crippen LogP contribution is -2.40. The molecule has 4 heteroatoms. The SMILES string of the molecule is Cc1ccc(NC(=O)C2CCCCC2N)c(Cl)c1. The van der Waals surface area contributed by atoms with E-state index in [0.29, 0.717) is 10.7 Å². The third-order valence-electron chi connectivity index (χ3n) is 3.54. The molecule has 1 aromatic carbocycles. The molecule has 3 N–H and O–H groups in total. The van der Waals surface area contributed by atoms with Gasteiger partial charge in [0, 0.05) is 6.04 Å². The number of rotatable bonds is 2. The first-order valence-corrected chi connectivity index (χ1v) is 6.78. The van der Waals surface area contributed by atoms with Gasteiger partial charge >= 0.3 is 0 Å². The number of nitrogens with two attached hydrogens (primary N) is 1. The number of carbonyl (C=O) groups is 1. The Morgan fingerprint density at radius 3 is 2.78 bits per heavy atom. The maximum atomic E-state index is 12.2. The van der Waals surface area contributed by atoms with Gasteiger partial charge in [0.1, 0.15) is 0 Å². The molecule has 0 saturated heterocycles. The van der Waals surface area contributed by atoms with Crippen LogP contribution in [0.25, 0.3) is 0 Å². The van der Waals surface area contributed by atoms with Gasteiger partial charge in [-0.25, -0.2) is 0 Å². The highest BCUT2D eigenvalue weighted by atomic mass is 35.5. The monoisotopic (exact) mass is 266 g/mol. The smallest absolute Gasteiger partial charge is 0.229 e. The van der Waals surface area contributed by atoms with Crippen LogP contribution in [-0.2, 0) is 4.79 Å². The number of carbonyl (C=O) groups excluding carboxylic acids is 1. The number of benzene rings is 1. The summed E-state index contributed by atoms with van der Waals surface area (Å²) in [7, 11) is 0. The van der Waals surface area contributed by atoms with Gasteiger partial charge in [-0.05, 0) is 37.5 Å². The van der Waals surface area contributed by atoms with Crippen molar-refractivity contribution in [2.75, 3.05) is 5.32 Å². The van der Waals surface area contributed by atoms with Gasteiger partial charge in [-0.15, -0.1) is 0 Å². The summed E-state index contributed by atoms with van der Waals surface area (Å²) in [6, 6.07) is 5.59. The normalized spacial score (nSPS) is 23.7. The van der Waals surface area contributed by atoms with Crippen molar-refractivity contribution < 1.29 is 4.79 Å². The van der Waals surface area contributed by atoms with E-state index in [9.17, 15) is 4.79 Å². The maximum Gasteiger partial charge on any atom is 0.229 e. The molecule has 1 aromatic rings. The molecule has 1 saturated carbocycles. The molecular weight excluding hydrogens is 248 g/mol. The summed E-state index contributed by atoms with van der Waals surface area (Å²) >= 11 is 6.10. The van der Waals surface area contributed by atoms with E-state index < -0.39 is 0 Å². The van der Waals surface area contributed by atoms with Crippen LogP contribution in [0.5, 0.6) is 0 Å². The van der Waals surface area contributed by atoms with Crippen LogP contribution in [-0.4, -0.2) is 11.9 Å². The third kappa shape index (κ3) is 3.03. The standard InChI is InChI=1S/C14H19ClN2O/c1-9-6-7-13(11(15)8-9)17-14(18)10-4-2-3-5-12(10)16/h6-8,10,12H,2-5,16H2,1H3,(H,17,18). The number of amides is 1. The van der Waals surface area contributed by atoms with Crippen LogP contribution >= 0.6 is 11.6 Å². The predicted octanol–water partition coefficient (Wildman–Crippen LogP) is 3.10. The summed E-state index contributed by atoms with van der Waals surface area (Å²) in [5, 5.41) is 3.46. The van der Waals surface area contributed by atoms with Crippen LogP contribution in [0, 0.1) is 12.8 Å². The summed E-state index contributed by atoms with van der Waals surface area (Å²) in [6.45, 7) is 1.97. The number of anilines is 1. The molecule has 0 spiro atoms. The second kappa shape index (κ2) is 5.72. The lowest BCUT2D eigenvalue weighted by molar-refractivity contribution is -0.121. The lowest BCUT2D eigenvalue weighted by atomic mass is 9.84. The Bertz CT molecular complexity index is 447. The minimum Gasteiger partial charge on any atom is -0.327 e. The van der Waals surface area contributed by atoms with E-state index in [1.807, 2.05) is 25.1 Å². The fourth-order valence-corrected chi connectivity index (χ4v) is 2.71. The highest BCUT2D eigenvalue weighted by Crippen LogP contribution is 2.27. The quantitative estimate of drug-likeness (QED) is 0.864. The summed E-state index contributed by atoms with van der Waals surface area (Å²) in [4.78, 5) is 12.2. The molecule has 3 nitrogen and oxygen atoms in total. The molecular formula is C14H19ClN2O. The van der Waals surface area contributed by atoms with Gasteiger partial charge in [0.2, 0.25) is 5.91 Å². The summed E-state index contributed by atoms with van der Waals surface area (Å²) in [6.07, 6.45) is 4.00. The topological polar surface area (TPSA) is 55.1 Å². The van der Waals surface area contributed by atoms with Crippen molar-refractivity contribution in [3.05, 3.63) is 28.8 Å². The number of aryl methyl sites for hydroxylation is 1. The van der Waals surface area contributed by atoms with Gasteiger partial charge in [-0.2, -0.15) is 0 Å². The molecule has 1 amide bonds. The second-order valence-electron chi connectivity index (χ2n) is 5.03. The fraction of sp³-hybridized carbons (Fsp3) is 0.500. The average Bonchev–Trinajstić information content (AvgIpc) is 2.33. The Kier molecular flexibility index (Phi) is 4.25. The Labute approximate surface area is 113 Å². The molecule has 0 radical (unpaired) electrons. The third-order valence-corrected chi connectivity index (χ3v) is 3.85. The fourth-order valence-electron chi connectivity index (χ4n) is 2.43. The van der Waals surface area contributed by atoms with Crippen LogP contribution in [0.4, 0.5) is 5.69 Å². The Balaban J connectivity index is 2.06. The lowest BCUT2D eigenvalue weighted by Gasteiger charge is -2.27. The van der Waals surface area contributed by atoms with Crippen molar-refractivity contribution >= 4 is 23.2 Å². The molecule has 1 fully saturated rings. The zero-order valence-electron chi connectivity index (χ0n) is 10.6. The van der Waals surface area contributed by atoms with E-state index in [1.54, 1.807) is 0 Å². The first-order valence-electron chi connectivity index (χ1n) is 6.40. The van der Waals surface area contributed by atoms with E-state index in [2.05, 4.69) is 5.32 Å². The van der Waals surface area contributed by atoms with E-state index in [0.717, 1.165) is 31.2 Å². The molecule has 18 heavy (non-hydrogen) atoms. The van der Waals surface area contributed by atoms with Crippen molar-refractivity contribution in [2.45, 2.75) is 38.6 Å². The van der Waals surface area contributed by atoms with Crippen LogP contribution in [0.15, 0.2) is 18.2 Å². The predicted molar refractivity (Wildman–Crippen MR) is 74.8 cm³/mol. The highest BCUT2D eigenvalue weighted by molar-refractivity contribution is 6.33. The zero-order chi connectivity index (χ0) is 13.1. The van der Waals surface area contributed by atoms with E-state index in [4.69, 9.17) is 17.3 Å². The van der Waals surface area contributed by atoms with Gasteiger partial charge in [0.15, 0.2) is 0 Å². The number of hydrogen-bond donors (Lipinski definition) is 2. The molecule has 2 unspecified atom stereocenters. The highest BCUT2D eigenvalue weighted by Gasteiger charge is 2.28. The molecule has 2 atom stereocenters. The first-order chi connectivity index (χ1) is 8.58. The molecule has 1 aliphatic carbocycles. The van der Waals surface area contributed by atoms with Crippen molar-refractivity contribution in [3.63, 3.8) is 0 Å². The van der Waals surface area contributed by atoms with Crippen LogP contribution in [0.2, 0.25) is 5.02 Å². The van der Waals surface area contributed by atoms with E-state index in [-0.39, 0.29) is 17.9 Å². The average molecular weight is 267 g/mol. The van der Waals surface area contributed by atoms with Crippen LogP contribution < -0.4 is 11.1 Å². The Hall–Kier alpha value is -1.06. The maximum absolute atomic E-state index is 12.2. The number of nitrogens with one attached hydrogen (secondary N) is 1. The first kappa shape index (κ1) is 13.4. The van der Waals surface area contributed by atoms with Crippen molar-refractivity contribution in [2.24, 2.45) is 11.7 Å². The summed E-state index contributed by atoms with van der Waals surface area (Å²) in [5.41, 5.74) is 7.75. The summed E-state index contributed by atoms with van der Waals surface area (Å²) in [5.74, 6) is -0.0935. The molecule has 98 valence electrons. The zero-order valence-corrected chi connectivity index (χ0v) is 11.3. The summed E-state index contributed by atoms with van der Waals surface area (Å²) < 4.78 is 0. The van der Waals surface area contributed by atoms with Gasteiger partial charge < -0.3 is 11.1 Å². The largest absolute Gasteiger partial charge is 0.327 e. The Morgan fingerprint density at radius 1 is 1.39 bits per heavy atom. The van der Waals surface area contributed by atoms with Gasteiger partial charge in [0.25, 0.3) is 0 Å².